The number of nitrogens with one attached hydrogen (secondary N) is 1. The van der Waals surface area contributed by atoms with Crippen LogP contribution in [0.4, 0.5) is 5.82 Å². The van der Waals surface area contributed by atoms with Crippen LogP contribution >= 0.6 is 0 Å². The summed E-state index contributed by atoms with van der Waals surface area (Å²) in [6.45, 7) is 0. The van der Waals surface area contributed by atoms with Gasteiger partial charge in [0, 0.05) is 35.2 Å². The van der Waals surface area contributed by atoms with Crippen molar-refractivity contribution in [2.45, 2.75) is 6.42 Å². The molecule has 2 aromatic heterocycles. The zero-order valence-corrected chi connectivity index (χ0v) is 15.3. The SMILES string of the molecule is COc1ccc(C(=O)Nc2nnc(Cc3ccncc3)c3ccccc23)cc1. The number of hydrogen-bond donors (Lipinski definition) is 1. The minimum absolute atomic E-state index is 0.246. The van der Waals surface area contributed by atoms with Gasteiger partial charge in [0.1, 0.15) is 5.75 Å². The molecule has 0 unspecified atom stereocenters. The zero-order chi connectivity index (χ0) is 19.3. The van der Waals surface area contributed by atoms with Gasteiger partial charge in [-0.15, -0.1) is 5.10 Å². The fourth-order valence-corrected chi connectivity index (χ4v) is 3.00. The van der Waals surface area contributed by atoms with Crippen LogP contribution in [0.15, 0.2) is 73.1 Å². The number of carbonyl (C=O) groups excluding carboxylic acids is 1. The molecule has 0 aliphatic rings. The van der Waals surface area contributed by atoms with Crippen LogP contribution in [0, 0.1) is 0 Å². The van der Waals surface area contributed by atoms with E-state index in [4.69, 9.17) is 4.74 Å². The number of fused-ring (bicyclic) bond motifs is 1. The van der Waals surface area contributed by atoms with Gasteiger partial charge in [0.15, 0.2) is 5.82 Å². The molecule has 0 saturated heterocycles. The van der Waals surface area contributed by atoms with Gasteiger partial charge in [0.2, 0.25) is 0 Å². The van der Waals surface area contributed by atoms with E-state index in [1.165, 1.54) is 0 Å². The summed E-state index contributed by atoms with van der Waals surface area (Å²) in [5.74, 6) is 0.890. The standard InChI is InChI=1S/C22H18N4O2/c1-28-17-8-6-16(7-9-17)22(27)24-21-19-5-3-2-4-18(19)20(25-26-21)14-15-10-12-23-13-11-15/h2-13H,14H2,1H3,(H,24,26,27). The second kappa shape index (κ2) is 7.84. The van der Waals surface area contributed by atoms with E-state index in [9.17, 15) is 4.79 Å². The van der Waals surface area contributed by atoms with E-state index in [1.54, 1.807) is 43.8 Å². The molecule has 0 saturated carbocycles. The van der Waals surface area contributed by atoms with Crippen molar-refractivity contribution in [2.24, 2.45) is 0 Å². The maximum atomic E-state index is 12.6. The first kappa shape index (κ1) is 17.6. The zero-order valence-electron chi connectivity index (χ0n) is 15.3. The van der Waals surface area contributed by atoms with Crippen LogP contribution < -0.4 is 10.1 Å². The topological polar surface area (TPSA) is 77.0 Å². The molecule has 138 valence electrons. The molecule has 0 bridgehead atoms. The second-order valence-electron chi connectivity index (χ2n) is 6.26. The molecule has 0 aliphatic heterocycles. The van der Waals surface area contributed by atoms with Crippen molar-refractivity contribution in [1.29, 1.82) is 0 Å². The van der Waals surface area contributed by atoms with Gasteiger partial charge in [0.05, 0.1) is 12.8 Å². The molecule has 1 N–H and O–H groups in total. The van der Waals surface area contributed by atoms with Crippen molar-refractivity contribution >= 4 is 22.5 Å². The number of aromatic nitrogens is 3. The molecule has 1 amide bonds. The average molecular weight is 370 g/mol. The van der Waals surface area contributed by atoms with E-state index in [0.717, 1.165) is 22.0 Å². The Kier molecular flexibility index (Phi) is 4.93. The number of amides is 1. The average Bonchev–Trinajstić information content (AvgIpc) is 2.76. The molecular formula is C22H18N4O2. The van der Waals surface area contributed by atoms with Crippen molar-refractivity contribution in [3.8, 4) is 5.75 Å². The van der Waals surface area contributed by atoms with E-state index in [0.29, 0.717) is 23.6 Å². The van der Waals surface area contributed by atoms with Gasteiger partial charge in [-0.25, -0.2) is 0 Å². The summed E-state index contributed by atoms with van der Waals surface area (Å²) in [4.78, 5) is 16.7. The molecule has 2 heterocycles. The van der Waals surface area contributed by atoms with E-state index < -0.39 is 0 Å². The van der Waals surface area contributed by atoms with Crippen LogP contribution in [0.5, 0.6) is 5.75 Å². The number of pyridine rings is 1. The highest BCUT2D eigenvalue weighted by molar-refractivity contribution is 6.08. The molecule has 6 nitrogen and oxygen atoms in total. The lowest BCUT2D eigenvalue weighted by Crippen LogP contribution is -2.14. The van der Waals surface area contributed by atoms with Crippen molar-refractivity contribution in [1.82, 2.24) is 15.2 Å². The fraction of sp³-hybridized carbons (Fsp3) is 0.0909. The number of anilines is 1. The van der Waals surface area contributed by atoms with Gasteiger partial charge < -0.3 is 10.1 Å². The van der Waals surface area contributed by atoms with E-state index in [1.807, 2.05) is 36.4 Å². The number of ether oxygens (including phenoxy) is 1. The third kappa shape index (κ3) is 3.66. The molecule has 28 heavy (non-hydrogen) atoms. The summed E-state index contributed by atoms with van der Waals surface area (Å²) in [6.07, 6.45) is 4.16. The monoisotopic (exact) mass is 370 g/mol. The molecule has 6 heteroatoms. The van der Waals surface area contributed by atoms with Crippen LogP contribution in [-0.2, 0) is 6.42 Å². The van der Waals surface area contributed by atoms with E-state index >= 15 is 0 Å². The maximum absolute atomic E-state index is 12.6. The van der Waals surface area contributed by atoms with Crippen LogP contribution in [0.1, 0.15) is 21.6 Å². The van der Waals surface area contributed by atoms with Crippen LogP contribution in [0.2, 0.25) is 0 Å². The molecule has 2 aromatic carbocycles. The number of carbonyl (C=O) groups is 1. The number of benzene rings is 2. The van der Waals surface area contributed by atoms with Gasteiger partial charge in [0.25, 0.3) is 5.91 Å². The van der Waals surface area contributed by atoms with Gasteiger partial charge in [-0.1, -0.05) is 24.3 Å². The highest BCUT2D eigenvalue weighted by atomic mass is 16.5. The molecule has 0 atom stereocenters. The summed E-state index contributed by atoms with van der Waals surface area (Å²) in [5.41, 5.74) is 2.47. The van der Waals surface area contributed by atoms with Crippen molar-refractivity contribution in [2.75, 3.05) is 12.4 Å². The summed E-state index contributed by atoms with van der Waals surface area (Å²) in [5, 5.41) is 13.3. The van der Waals surface area contributed by atoms with Crippen LogP contribution in [-0.4, -0.2) is 28.2 Å². The first-order valence-electron chi connectivity index (χ1n) is 8.83. The van der Waals surface area contributed by atoms with Crippen molar-refractivity contribution in [3.05, 3.63) is 89.9 Å². The molecule has 4 rings (SSSR count). The summed E-state index contributed by atoms with van der Waals surface area (Å²) < 4.78 is 5.13. The Bertz CT molecular complexity index is 1110. The third-order valence-corrected chi connectivity index (χ3v) is 4.47. The van der Waals surface area contributed by atoms with Crippen LogP contribution in [0.3, 0.4) is 0 Å². The Morgan fingerprint density at radius 2 is 1.64 bits per heavy atom. The fourth-order valence-electron chi connectivity index (χ4n) is 3.00. The Morgan fingerprint density at radius 1 is 0.929 bits per heavy atom. The largest absolute Gasteiger partial charge is 0.497 e. The van der Waals surface area contributed by atoms with E-state index in [-0.39, 0.29) is 5.91 Å². The van der Waals surface area contributed by atoms with Crippen molar-refractivity contribution in [3.63, 3.8) is 0 Å². The summed E-state index contributed by atoms with van der Waals surface area (Å²) >= 11 is 0. The second-order valence-corrected chi connectivity index (χ2v) is 6.26. The summed E-state index contributed by atoms with van der Waals surface area (Å²) in [6, 6.07) is 18.6. The molecule has 0 radical (unpaired) electrons. The Hall–Kier alpha value is -3.80. The minimum Gasteiger partial charge on any atom is -0.497 e. The molecule has 0 spiro atoms. The van der Waals surface area contributed by atoms with Gasteiger partial charge >= 0.3 is 0 Å². The van der Waals surface area contributed by atoms with Gasteiger partial charge in [-0.05, 0) is 42.0 Å². The lowest BCUT2D eigenvalue weighted by Gasteiger charge is -2.10. The van der Waals surface area contributed by atoms with Gasteiger partial charge in [-0.3, -0.25) is 9.78 Å². The molecule has 4 aromatic rings. The maximum Gasteiger partial charge on any atom is 0.256 e. The van der Waals surface area contributed by atoms with Gasteiger partial charge in [-0.2, -0.15) is 5.10 Å². The predicted octanol–water partition coefficient (Wildman–Crippen LogP) is 3.88. The minimum atomic E-state index is -0.246. The third-order valence-electron chi connectivity index (χ3n) is 4.47. The number of rotatable bonds is 5. The molecule has 0 aliphatic carbocycles. The quantitative estimate of drug-likeness (QED) is 0.577. The number of hydrogen-bond acceptors (Lipinski definition) is 5. The first-order valence-corrected chi connectivity index (χ1v) is 8.83. The van der Waals surface area contributed by atoms with E-state index in [2.05, 4.69) is 20.5 Å². The number of methoxy groups -OCH3 is 1. The molecule has 0 fully saturated rings. The van der Waals surface area contributed by atoms with Crippen molar-refractivity contribution < 1.29 is 9.53 Å². The predicted molar refractivity (Wildman–Crippen MR) is 108 cm³/mol. The Balaban J connectivity index is 1.64. The Labute approximate surface area is 162 Å². The lowest BCUT2D eigenvalue weighted by molar-refractivity contribution is 0.102. The normalized spacial score (nSPS) is 10.6. The Morgan fingerprint density at radius 3 is 2.36 bits per heavy atom. The lowest BCUT2D eigenvalue weighted by atomic mass is 10.0. The summed E-state index contributed by atoms with van der Waals surface area (Å²) in [7, 11) is 1.59. The smallest absolute Gasteiger partial charge is 0.256 e. The van der Waals surface area contributed by atoms with Crippen LogP contribution in [0.25, 0.3) is 10.8 Å². The highest BCUT2D eigenvalue weighted by Gasteiger charge is 2.13. The highest BCUT2D eigenvalue weighted by Crippen LogP contribution is 2.25. The molecular weight excluding hydrogens is 352 g/mol. The number of nitrogens with zero attached hydrogens (tertiary/aromatic N) is 3. The first-order chi connectivity index (χ1) is 13.7.